The smallest absolute Gasteiger partial charge is 0.232 e. The van der Waals surface area contributed by atoms with Gasteiger partial charge in [0.1, 0.15) is 5.76 Å². The number of nitrogens with one attached hydrogen (secondary N) is 2. The van der Waals surface area contributed by atoms with Crippen LogP contribution in [0, 0.1) is 0 Å². The van der Waals surface area contributed by atoms with E-state index >= 15 is 0 Å². The van der Waals surface area contributed by atoms with Gasteiger partial charge in [-0.3, -0.25) is 14.4 Å². The average Bonchev–Trinajstić information content (AvgIpc) is 3.46. The van der Waals surface area contributed by atoms with Crippen molar-refractivity contribution in [2.45, 2.75) is 44.0 Å². The van der Waals surface area contributed by atoms with Gasteiger partial charge in [-0.1, -0.05) is 11.8 Å². The standard InChI is InChI=1S/C23H28N4O4S2/c1-3-27(4-2)22(30)15-32-23-26-18-11-10-16(13-19(18)33-23)25-21(29)9-5-8-20(28)24-14-17-7-6-12-31-17/h6-7,10-13H,3-5,8-9,14-15H2,1-2H3,(H,24,28)(H,25,29). The maximum atomic E-state index is 12.3. The summed E-state index contributed by atoms with van der Waals surface area (Å²) < 4.78 is 6.94. The van der Waals surface area contributed by atoms with Crippen molar-refractivity contribution in [1.29, 1.82) is 0 Å². The zero-order chi connectivity index (χ0) is 23.6. The lowest BCUT2D eigenvalue weighted by molar-refractivity contribution is -0.128. The highest BCUT2D eigenvalue weighted by Gasteiger charge is 2.13. The SMILES string of the molecule is CCN(CC)C(=O)CSc1nc2ccc(NC(=O)CCCC(=O)NCc3ccco3)cc2s1. The Morgan fingerprint density at radius 3 is 2.64 bits per heavy atom. The maximum Gasteiger partial charge on any atom is 0.232 e. The number of rotatable bonds is 12. The molecule has 2 heterocycles. The number of thioether (sulfide) groups is 1. The number of thiazole rings is 1. The zero-order valence-electron chi connectivity index (χ0n) is 18.8. The topological polar surface area (TPSA) is 105 Å². The number of furan rings is 1. The Bertz CT molecular complexity index is 1080. The van der Waals surface area contributed by atoms with Crippen molar-refractivity contribution < 1.29 is 18.8 Å². The number of anilines is 1. The third-order valence-corrected chi connectivity index (χ3v) is 7.08. The van der Waals surface area contributed by atoms with E-state index in [-0.39, 0.29) is 30.6 Å². The van der Waals surface area contributed by atoms with Gasteiger partial charge in [-0.2, -0.15) is 0 Å². The van der Waals surface area contributed by atoms with Crippen LogP contribution in [-0.2, 0) is 20.9 Å². The molecule has 0 bridgehead atoms. The fourth-order valence-electron chi connectivity index (χ4n) is 3.15. The van der Waals surface area contributed by atoms with E-state index in [4.69, 9.17) is 4.42 Å². The van der Waals surface area contributed by atoms with Crippen LogP contribution in [-0.4, -0.2) is 46.4 Å². The van der Waals surface area contributed by atoms with Crippen LogP contribution in [0.2, 0.25) is 0 Å². The van der Waals surface area contributed by atoms with Crippen LogP contribution in [0.1, 0.15) is 38.9 Å². The lowest BCUT2D eigenvalue weighted by atomic mass is 10.2. The van der Waals surface area contributed by atoms with Crippen molar-refractivity contribution in [3.8, 4) is 0 Å². The normalized spacial score (nSPS) is 10.8. The molecule has 0 aliphatic rings. The van der Waals surface area contributed by atoms with Crippen molar-refractivity contribution in [2.75, 3.05) is 24.2 Å². The van der Waals surface area contributed by atoms with Crippen molar-refractivity contribution >= 4 is 56.7 Å². The fourth-order valence-corrected chi connectivity index (χ4v) is 5.16. The summed E-state index contributed by atoms with van der Waals surface area (Å²) in [5.74, 6) is 0.899. The highest BCUT2D eigenvalue weighted by atomic mass is 32.2. The minimum absolute atomic E-state index is 0.104. The molecule has 3 aromatic rings. The van der Waals surface area contributed by atoms with Crippen LogP contribution in [0.25, 0.3) is 10.2 Å². The summed E-state index contributed by atoms with van der Waals surface area (Å²) in [6.45, 7) is 5.69. The van der Waals surface area contributed by atoms with Crippen molar-refractivity contribution in [3.63, 3.8) is 0 Å². The van der Waals surface area contributed by atoms with E-state index in [1.54, 1.807) is 23.3 Å². The van der Waals surface area contributed by atoms with E-state index in [9.17, 15) is 14.4 Å². The van der Waals surface area contributed by atoms with Crippen molar-refractivity contribution in [1.82, 2.24) is 15.2 Å². The van der Waals surface area contributed by atoms with Gasteiger partial charge in [0.2, 0.25) is 17.7 Å². The molecule has 0 radical (unpaired) electrons. The number of aromatic nitrogens is 1. The molecule has 3 amide bonds. The van der Waals surface area contributed by atoms with E-state index in [2.05, 4.69) is 15.6 Å². The highest BCUT2D eigenvalue weighted by Crippen LogP contribution is 2.31. The number of hydrogen-bond acceptors (Lipinski definition) is 7. The summed E-state index contributed by atoms with van der Waals surface area (Å²) in [6.07, 6.45) is 2.54. The van der Waals surface area contributed by atoms with Gasteiger partial charge in [-0.25, -0.2) is 4.98 Å². The number of benzene rings is 1. The molecule has 0 aliphatic carbocycles. The van der Waals surface area contributed by atoms with Crippen molar-refractivity contribution in [2.24, 2.45) is 0 Å². The number of carbonyl (C=O) groups is 3. The largest absolute Gasteiger partial charge is 0.467 e. The van der Waals surface area contributed by atoms with Crippen LogP contribution < -0.4 is 10.6 Å². The van der Waals surface area contributed by atoms with E-state index in [0.717, 1.165) is 14.6 Å². The first-order valence-electron chi connectivity index (χ1n) is 10.9. The lowest BCUT2D eigenvalue weighted by Gasteiger charge is -2.17. The molecular formula is C23H28N4O4S2. The fraction of sp³-hybridized carbons (Fsp3) is 0.391. The summed E-state index contributed by atoms with van der Waals surface area (Å²) in [6, 6.07) is 9.12. The summed E-state index contributed by atoms with van der Waals surface area (Å²) in [7, 11) is 0. The number of nitrogens with zero attached hydrogens (tertiary/aromatic N) is 2. The molecule has 0 saturated heterocycles. The summed E-state index contributed by atoms with van der Waals surface area (Å²) in [4.78, 5) is 42.7. The molecule has 10 heteroatoms. The van der Waals surface area contributed by atoms with Crippen LogP contribution in [0.4, 0.5) is 5.69 Å². The predicted molar refractivity (Wildman–Crippen MR) is 131 cm³/mol. The Morgan fingerprint density at radius 2 is 1.91 bits per heavy atom. The first-order chi connectivity index (χ1) is 16.0. The Balaban J connectivity index is 1.43. The van der Waals surface area contributed by atoms with Crippen LogP contribution >= 0.6 is 23.1 Å². The first-order valence-corrected chi connectivity index (χ1v) is 12.7. The third-order valence-electron chi connectivity index (χ3n) is 4.94. The Morgan fingerprint density at radius 1 is 1.12 bits per heavy atom. The molecule has 0 aliphatic heterocycles. The molecule has 2 aromatic heterocycles. The third kappa shape index (κ3) is 7.61. The van der Waals surface area contributed by atoms with Crippen molar-refractivity contribution in [3.05, 3.63) is 42.4 Å². The van der Waals surface area contributed by atoms with Crippen LogP contribution in [0.15, 0.2) is 45.4 Å². The zero-order valence-corrected chi connectivity index (χ0v) is 20.4. The van der Waals surface area contributed by atoms with Gasteiger partial charge in [0.15, 0.2) is 4.34 Å². The van der Waals surface area contributed by atoms with Gasteiger partial charge in [-0.05, 0) is 50.6 Å². The molecular weight excluding hydrogens is 460 g/mol. The molecule has 1 aromatic carbocycles. The summed E-state index contributed by atoms with van der Waals surface area (Å²) >= 11 is 2.94. The monoisotopic (exact) mass is 488 g/mol. The highest BCUT2D eigenvalue weighted by molar-refractivity contribution is 8.01. The first kappa shape index (κ1) is 24.8. The second-order valence-corrected chi connectivity index (χ2v) is 9.53. The molecule has 0 unspecified atom stereocenters. The predicted octanol–water partition coefficient (Wildman–Crippen LogP) is 4.28. The second-order valence-electron chi connectivity index (χ2n) is 7.27. The molecule has 0 atom stereocenters. The maximum absolute atomic E-state index is 12.3. The molecule has 2 N–H and O–H groups in total. The lowest BCUT2D eigenvalue weighted by Crippen LogP contribution is -2.31. The Labute approximate surface area is 201 Å². The number of amides is 3. The van der Waals surface area contributed by atoms with E-state index in [1.807, 2.05) is 32.0 Å². The van der Waals surface area contributed by atoms with E-state index in [0.29, 0.717) is 43.3 Å². The molecule has 3 rings (SSSR count). The molecule has 176 valence electrons. The minimum atomic E-state index is -0.142. The van der Waals surface area contributed by atoms with Gasteiger partial charge >= 0.3 is 0 Å². The molecule has 0 saturated carbocycles. The van der Waals surface area contributed by atoms with Gasteiger partial charge in [0, 0.05) is 31.6 Å². The van der Waals surface area contributed by atoms with Crippen LogP contribution in [0.5, 0.6) is 0 Å². The molecule has 0 fully saturated rings. The van der Waals surface area contributed by atoms with E-state index < -0.39 is 0 Å². The van der Waals surface area contributed by atoms with Gasteiger partial charge < -0.3 is 20.0 Å². The van der Waals surface area contributed by atoms with Crippen LogP contribution in [0.3, 0.4) is 0 Å². The Hall–Kier alpha value is -2.85. The average molecular weight is 489 g/mol. The van der Waals surface area contributed by atoms with E-state index in [1.165, 1.54) is 23.1 Å². The van der Waals surface area contributed by atoms with Gasteiger partial charge in [0.25, 0.3) is 0 Å². The van der Waals surface area contributed by atoms with Gasteiger partial charge in [-0.15, -0.1) is 11.3 Å². The number of carbonyl (C=O) groups excluding carboxylic acids is 3. The molecule has 8 nitrogen and oxygen atoms in total. The number of hydrogen-bond donors (Lipinski definition) is 2. The van der Waals surface area contributed by atoms with Gasteiger partial charge in [0.05, 0.1) is 28.8 Å². The summed E-state index contributed by atoms with van der Waals surface area (Å²) in [5, 5.41) is 5.64. The number of fused-ring (bicyclic) bond motifs is 1. The molecule has 33 heavy (non-hydrogen) atoms. The quantitative estimate of drug-likeness (QED) is 0.369. The Kier molecular flexibility index (Phi) is 9.32. The summed E-state index contributed by atoms with van der Waals surface area (Å²) in [5.41, 5.74) is 1.53. The molecule has 0 spiro atoms. The minimum Gasteiger partial charge on any atom is -0.467 e. The second kappa shape index (κ2) is 12.4.